The maximum atomic E-state index is 12.9. The van der Waals surface area contributed by atoms with Crippen LogP contribution < -0.4 is 10.2 Å². The van der Waals surface area contributed by atoms with E-state index < -0.39 is 0 Å². The first-order valence-corrected chi connectivity index (χ1v) is 8.14. The first-order chi connectivity index (χ1) is 12.1. The quantitative estimate of drug-likeness (QED) is 0.909. The van der Waals surface area contributed by atoms with Crippen LogP contribution in [0, 0.1) is 5.82 Å². The summed E-state index contributed by atoms with van der Waals surface area (Å²) in [5, 5.41) is 2.82. The number of rotatable bonds is 5. The van der Waals surface area contributed by atoms with Crippen LogP contribution in [0.3, 0.4) is 0 Å². The first-order valence-electron chi connectivity index (χ1n) is 8.14. The van der Waals surface area contributed by atoms with Gasteiger partial charge in [-0.2, -0.15) is 0 Å². The Labute approximate surface area is 145 Å². The molecule has 0 saturated carbocycles. The van der Waals surface area contributed by atoms with Gasteiger partial charge in [0, 0.05) is 24.3 Å². The zero-order valence-corrected chi connectivity index (χ0v) is 13.7. The third kappa shape index (κ3) is 4.64. The van der Waals surface area contributed by atoms with E-state index in [9.17, 15) is 14.0 Å². The molecule has 1 saturated heterocycles. The number of morpholine rings is 1. The Morgan fingerprint density at radius 2 is 1.84 bits per heavy atom. The molecule has 130 valence electrons. The molecule has 1 aliphatic rings. The number of ether oxygens (including phenoxy) is 1. The number of halogens is 1. The Balaban J connectivity index is 1.53. The van der Waals surface area contributed by atoms with Gasteiger partial charge < -0.3 is 15.0 Å². The lowest BCUT2D eigenvalue weighted by molar-refractivity contribution is -0.125. The lowest BCUT2D eigenvalue weighted by atomic mass is 10.1. The van der Waals surface area contributed by atoms with E-state index in [-0.39, 0.29) is 24.2 Å². The molecule has 1 fully saturated rings. The minimum absolute atomic E-state index is 0.0673. The van der Waals surface area contributed by atoms with Crippen molar-refractivity contribution in [1.29, 1.82) is 0 Å². The number of carbonyl (C=O) groups is 2. The summed E-state index contributed by atoms with van der Waals surface area (Å²) in [5.41, 5.74) is 2.38. The normalized spacial score (nSPS) is 14.4. The van der Waals surface area contributed by atoms with Crippen molar-refractivity contribution in [3.8, 4) is 0 Å². The molecule has 1 aliphatic heterocycles. The number of aryl methyl sites for hydroxylation is 1. The molecule has 0 bridgehead atoms. The van der Waals surface area contributed by atoms with Crippen LogP contribution in [-0.4, -0.2) is 31.6 Å². The maximum absolute atomic E-state index is 12.9. The highest BCUT2D eigenvalue weighted by Gasteiger charge is 2.19. The van der Waals surface area contributed by atoms with Gasteiger partial charge >= 0.3 is 0 Å². The maximum Gasteiger partial charge on any atom is 0.253 e. The largest absolute Gasteiger partial charge is 0.370 e. The smallest absolute Gasteiger partial charge is 0.253 e. The fourth-order valence-corrected chi connectivity index (χ4v) is 2.65. The molecule has 2 aromatic carbocycles. The predicted molar refractivity (Wildman–Crippen MR) is 93.0 cm³/mol. The predicted octanol–water partition coefficient (Wildman–Crippen LogP) is 2.76. The summed E-state index contributed by atoms with van der Waals surface area (Å²) in [6.45, 7) is 1.15. The minimum Gasteiger partial charge on any atom is -0.370 e. The summed E-state index contributed by atoms with van der Waals surface area (Å²) in [6.07, 6.45) is 0.863. The number of nitrogens with one attached hydrogen (secondary N) is 1. The Kier molecular flexibility index (Phi) is 5.40. The Bertz CT molecular complexity index is 744. The van der Waals surface area contributed by atoms with Gasteiger partial charge in [0.2, 0.25) is 5.91 Å². The number of carbonyl (C=O) groups excluding carboxylic acids is 2. The Morgan fingerprint density at radius 3 is 2.52 bits per heavy atom. The molecule has 1 heterocycles. The van der Waals surface area contributed by atoms with Crippen molar-refractivity contribution in [3.63, 3.8) is 0 Å². The van der Waals surface area contributed by atoms with Crippen molar-refractivity contribution >= 4 is 23.2 Å². The van der Waals surface area contributed by atoms with E-state index in [4.69, 9.17) is 4.74 Å². The van der Waals surface area contributed by atoms with Crippen LogP contribution in [0.2, 0.25) is 0 Å². The zero-order valence-electron chi connectivity index (χ0n) is 13.7. The number of anilines is 2. The molecule has 0 atom stereocenters. The van der Waals surface area contributed by atoms with Crippen molar-refractivity contribution in [2.45, 2.75) is 12.8 Å². The SMILES string of the molecule is O=C(CCc1ccc(F)cc1)Nc1ccc(N2CCOCC2=O)cc1. The van der Waals surface area contributed by atoms with Crippen LogP contribution in [0.15, 0.2) is 48.5 Å². The van der Waals surface area contributed by atoms with E-state index in [0.29, 0.717) is 31.7 Å². The summed E-state index contributed by atoms with van der Waals surface area (Å²) in [4.78, 5) is 25.5. The van der Waals surface area contributed by atoms with E-state index in [2.05, 4.69) is 5.32 Å². The van der Waals surface area contributed by atoms with Gasteiger partial charge in [-0.05, 0) is 48.4 Å². The molecular formula is C19H19FN2O3. The van der Waals surface area contributed by atoms with Gasteiger partial charge in [0.1, 0.15) is 12.4 Å². The van der Waals surface area contributed by atoms with Crippen LogP contribution in [-0.2, 0) is 20.7 Å². The molecule has 0 spiro atoms. The van der Waals surface area contributed by atoms with Gasteiger partial charge in [-0.3, -0.25) is 9.59 Å². The van der Waals surface area contributed by atoms with Crippen LogP contribution >= 0.6 is 0 Å². The Morgan fingerprint density at radius 1 is 1.12 bits per heavy atom. The molecule has 25 heavy (non-hydrogen) atoms. The number of hydrogen-bond acceptors (Lipinski definition) is 3. The molecule has 0 aliphatic carbocycles. The highest BCUT2D eigenvalue weighted by molar-refractivity contribution is 5.95. The third-order valence-electron chi connectivity index (χ3n) is 4.00. The second kappa shape index (κ2) is 7.90. The topological polar surface area (TPSA) is 58.6 Å². The molecule has 2 amide bonds. The Hall–Kier alpha value is -2.73. The second-order valence-electron chi connectivity index (χ2n) is 5.82. The molecule has 0 aromatic heterocycles. The van der Waals surface area contributed by atoms with Crippen molar-refractivity contribution in [2.24, 2.45) is 0 Å². The van der Waals surface area contributed by atoms with Crippen LogP contribution in [0.4, 0.5) is 15.8 Å². The standard InChI is InChI=1S/C19H19FN2O3/c20-15-4-1-14(2-5-15)3-10-18(23)21-16-6-8-17(9-7-16)22-11-12-25-13-19(22)24/h1-2,4-9H,3,10-13H2,(H,21,23). The van der Waals surface area contributed by atoms with Crippen LogP contribution in [0.1, 0.15) is 12.0 Å². The fourth-order valence-electron chi connectivity index (χ4n) is 2.65. The summed E-state index contributed by atoms with van der Waals surface area (Å²) < 4.78 is 18.0. The van der Waals surface area contributed by atoms with Crippen LogP contribution in [0.5, 0.6) is 0 Å². The molecule has 3 rings (SSSR count). The van der Waals surface area contributed by atoms with E-state index in [0.717, 1.165) is 11.3 Å². The molecule has 5 nitrogen and oxygen atoms in total. The van der Waals surface area contributed by atoms with Crippen molar-refractivity contribution in [3.05, 3.63) is 59.9 Å². The van der Waals surface area contributed by atoms with Gasteiger partial charge in [0.25, 0.3) is 5.91 Å². The summed E-state index contributed by atoms with van der Waals surface area (Å²) in [5.74, 6) is -0.464. The number of hydrogen-bond donors (Lipinski definition) is 1. The average molecular weight is 342 g/mol. The van der Waals surface area contributed by atoms with Gasteiger partial charge in [0.15, 0.2) is 0 Å². The average Bonchev–Trinajstić information content (AvgIpc) is 2.62. The van der Waals surface area contributed by atoms with E-state index in [1.807, 2.05) is 0 Å². The van der Waals surface area contributed by atoms with Gasteiger partial charge in [-0.15, -0.1) is 0 Å². The monoisotopic (exact) mass is 342 g/mol. The lowest BCUT2D eigenvalue weighted by Gasteiger charge is -2.26. The highest BCUT2D eigenvalue weighted by Crippen LogP contribution is 2.20. The molecule has 0 radical (unpaired) electrons. The fraction of sp³-hybridized carbons (Fsp3) is 0.263. The zero-order chi connectivity index (χ0) is 17.6. The van der Waals surface area contributed by atoms with Gasteiger partial charge in [-0.1, -0.05) is 12.1 Å². The molecule has 6 heteroatoms. The third-order valence-corrected chi connectivity index (χ3v) is 4.00. The molecule has 2 aromatic rings. The highest BCUT2D eigenvalue weighted by atomic mass is 19.1. The van der Waals surface area contributed by atoms with Crippen molar-refractivity contribution < 1.29 is 18.7 Å². The number of amides is 2. The lowest BCUT2D eigenvalue weighted by Crippen LogP contribution is -2.41. The van der Waals surface area contributed by atoms with E-state index in [1.165, 1.54) is 12.1 Å². The first kappa shape index (κ1) is 17.1. The van der Waals surface area contributed by atoms with Gasteiger partial charge in [0.05, 0.1) is 6.61 Å². The van der Waals surface area contributed by atoms with E-state index in [1.54, 1.807) is 41.3 Å². The minimum atomic E-state index is -0.285. The van der Waals surface area contributed by atoms with Gasteiger partial charge in [-0.25, -0.2) is 4.39 Å². The van der Waals surface area contributed by atoms with E-state index >= 15 is 0 Å². The summed E-state index contributed by atoms with van der Waals surface area (Å²) >= 11 is 0. The molecule has 0 unspecified atom stereocenters. The number of benzene rings is 2. The summed E-state index contributed by atoms with van der Waals surface area (Å²) in [6, 6.07) is 13.3. The van der Waals surface area contributed by atoms with Crippen molar-refractivity contribution in [2.75, 3.05) is 30.0 Å². The van der Waals surface area contributed by atoms with Crippen LogP contribution in [0.25, 0.3) is 0 Å². The molecular weight excluding hydrogens is 323 g/mol. The second-order valence-corrected chi connectivity index (χ2v) is 5.82. The van der Waals surface area contributed by atoms with Crippen molar-refractivity contribution in [1.82, 2.24) is 0 Å². The molecule has 1 N–H and O–H groups in total. The number of nitrogens with zero attached hydrogens (tertiary/aromatic N) is 1. The summed E-state index contributed by atoms with van der Waals surface area (Å²) in [7, 11) is 0.